The molecule has 20 heavy (non-hydrogen) atoms. The molecule has 1 fully saturated rings. The average Bonchev–Trinajstić information content (AvgIpc) is 3.12. The van der Waals surface area contributed by atoms with E-state index in [0.29, 0.717) is 11.4 Å². The minimum absolute atomic E-state index is 0.0424. The molecule has 108 valence electrons. The van der Waals surface area contributed by atoms with Crippen LogP contribution in [0.1, 0.15) is 26.7 Å². The summed E-state index contributed by atoms with van der Waals surface area (Å²) in [5, 5.41) is 2.68. The Morgan fingerprint density at radius 1 is 1.35 bits per heavy atom. The van der Waals surface area contributed by atoms with Gasteiger partial charge in [-0.1, -0.05) is 0 Å². The Labute approximate surface area is 117 Å². The van der Waals surface area contributed by atoms with Crippen LogP contribution < -0.4 is 14.8 Å². The molecule has 0 bridgehead atoms. The maximum absolute atomic E-state index is 12.1. The van der Waals surface area contributed by atoms with E-state index in [4.69, 9.17) is 4.74 Å². The van der Waals surface area contributed by atoms with Gasteiger partial charge in [-0.15, -0.1) is 0 Å². The number of hydrogen-bond donors (Lipinski definition) is 2. The topological polar surface area (TPSA) is 84.5 Å². The van der Waals surface area contributed by atoms with E-state index in [1.165, 1.54) is 12.1 Å². The Kier molecular flexibility index (Phi) is 2.81. The number of ether oxygens (including phenoxy) is 1. The molecule has 0 spiro atoms. The van der Waals surface area contributed by atoms with Crippen molar-refractivity contribution in [3.05, 3.63) is 18.2 Å². The van der Waals surface area contributed by atoms with Gasteiger partial charge >= 0.3 is 0 Å². The number of rotatable bonds is 3. The van der Waals surface area contributed by atoms with E-state index in [-0.39, 0.29) is 16.8 Å². The average molecular weight is 296 g/mol. The van der Waals surface area contributed by atoms with E-state index in [0.717, 1.165) is 12.8 Å². The summed E-state index contributed by atoms with van der Waals surface area (Å²) in [5.41, 5.74) is -0.576. The second-order valence-corrected chi connectivity index (χ2v) is 7.33. The van der Waals surface area contributed by atoms with Gasteiger partial charge < -0.3 is 10.1 Å². The Balaban J connectivity index is 1.94. The summed E-state index contributed by atoms with van der Waals surface area (Å²) < 4.78 is 32.4. The number of sulfonamides is 1. The van der Waals surface area contributed by atoms with E-state index < -0.39 is 15.6 Å². The lowest BCUT2D eigenvalue weighted by atomic mass is 10.1. The Morgan fingerprint density at radius 2 is 2.05 bits per heavy atom. The lowest BCUT2D eigenvalue weighted by molar-refractivity contribution is -0.129. The van der Waals surface area contributed by atoms with Crippen molar-refractivity contribution in [2.24, 2.45) is 0 Å². The van der Waals surface area contributed by atoms with Crippen LogP contribution in [0.2, 0.25) is 0 Å². The fourth-order valence-electron chi connectivity index (χ4n) is 1.95. The number of fused-ring (bicyclic) bond motifs is 1. The number of anilines is 1. The van der Waals surface area contributed by atoms with E-state index in [1.807, 2.05) is 0 Å². The Bertz CT molecular complexity index is 678. The zero-order valence-electron chi connectivity index (χ0n) is 11.3. The second-order valence-electron chi connectivity index (χ2n) is 5.62. The van der Waals surface area contributed by atoms with Crippen LogP contribution in [-0.2, 0) is 14.8 Å². The van der Waals surface area contributed by atoms with Crippen LogP contribution in [0, 0.1) is 0 Å². The minimum atomic E-state index is -3.53. The van der Waals surface area contributed by atoms with Crippen LogP contribution in [0.5, 0.6) is 5.75 Å². The van der Waals surface area contributed by atoms with Gasteiger partial charge in [0.15, 0.2) is 5.60 Å². The van der Waals surface area contributed by atoms with Gasteiger partial charge in [0.1, 0.15) is 5.75 Å². The molecule has 3 rings (SSSR count). The molecule has 1 amide bonds. The monoisotopic (exact) mass is 296 g/mol. The van der Waals surface area contributed by atoms with E-state index in [9.17, 15) is 13.2 Å². The first kappa shape index (κ1) is 13.4. The number of amides is 1. The van der Waals surface area contributed by atoms with Gasteiger partial charge in [-0.2, -0.15) is 0 Å². The molecule has 1 aliphatic heterocycles. The molecule has 2 aliphatic rings. The first-order valence-corrected chi connectivity index (χ1v) is 7.93. The molecular formula is C13H16N2O4S. The third kappa shape index (κ3) is 2.38. The van der Waals surface area contributed by atoms with Crippen molar-refractivity contribution in [3.8, 4) is 5.75 Å². The number of carbonyl (C=O) groups is 1. The van der Waals surface area contributed by atoms with E-state index >= 15 is 0 Å². The predicted octanol–water partition coefficient (Wildman–Crippen LogP) is 1.24. The summed E-state index contributed by atoms with van der Waals surface area (Å²) in [6.07, 6.45) is 1.75. The van der Waals surface area contributed by atoms with Crippen molar-refractivity contribution in [1.29, 1.82) is 0 Å². The smallest absolute Gasteiger partial charge is 0.268 e. The fraction of sp³-hybridized carbons (Fsp3) is 0.462. The molecule has 2 N–H and O–H groups in total. The van der Waals surface area contributed by atoms with Gasteiger partial charge in [0.2, 0.25) is 10.0 Å². The number of nitrogens with one attached hydrogen (secondary N) is 2. The highest BCUT2D eigenvalue weighted by atomic mass is 32.2. The summed E-state index contributed by atoms with van der Waals surface area (Å²) in [6, 6.07) is 4.52. The number of carbonyl (C=O) groups excluding carboxylic acids is 1. The molecule has 7 heteroatoms. The van der Waals surface area contributed by atoms with Gasteiger partial charge in [-0.05, 0) is 44.9 Å². The molecule has 1 aliphatic carbocycles. The highest BCUT2D eigenvalue weighted by Crippen LogP contribution is 2.35. The molecule has 0 radical (unpaired) electrons. The SMILES string of the molecule is CC1(C)Oc2ccc(S(=O)(=O)NC3CC3)cc2NC1=O. The number of hydrogen-bond acceptors (Lipinski definition) is 4. The molecule has 0 atom stereocenters. The molecule has 0 aromatic heterocycles. The van der Waals surface area contributed by atoms with Gasteiger partial charge in [-0.3, -0.25) is 4.79 Å². The maximum Gasteiger partial charge on any atom is 0.268 e. The summed E-state index contributed by atoms with van der Waals surface area (Å²) in [7, 11) is -3.53. The molecule has 1 aromatic carbocycles. The van der Waals surface area contributed by atoms with Crippen molar-refractivity contribution in [2.75, 3.05) is 5.32 Å². The maximum atomic E-state index is 12.1. The minimum Gasteiger partial charge on any atom is -0.476 e. The zero-order valence-corrected chi connectivity index (χ0v) is 12.1. The molecule has 1 aromatic rings. The van der Waals surface area contributed by atoms with Crippen LogP contribution in [0.3, 0.4) is 0 Å². The molecule has 1 saturated carbocycles. The summed E-state index contributed by atoms with van der Waals surface area (Å²) in [6.45, 7) is 3.31. The first-order valence-electron chi connectivity index (χ1n) is 6.45. The van der Waals surface area contributed by atoms with Crippen LogP contribution in [0.25, 0.3) is 0 Å². The Hall–Kier alpha value is -1.60. The van der Waals surface area contributed by atoms with Crippen LogP contribution >= 0.6 is 0 Å². The molecule has 6 nitrogen and oxygen atoms in total. The van der Waals surface area contributed by atoms with E-state index in [2.05, 4.69) is 10.0 Å². The number of benzene rings is 1. The second kappa shape index (κ2) is 4.20. The van der Waals surface area contributed by atoms with Crippen molar-refractivity contribution in [3.63, 3.8) is 0 Å². The van der Waals surface area contributed by atoms with Crippen molar-refractivity contribution < 1.29 is 17.9 Å². The highest BCUT2D eigenvalue weighted by molar-refractivity contribution is 7.89. The van der Waals surface area contributed by atoms with E-state index in [1.54, 1.807) is 19.9 Å². The summed E-state index contributed by atoms with van der Waals surface area (Å²) in [5.74, 6) is 0.176. The fourth-order valence-corrected chi connectivity index (χ4v) is 3.28. The predicted molar refractivity (Wildman–Crippen MR) is 73.1 cm³/mol. The highest BCUT2D eigenvalue weighted by Gasteiger charge is 2.36. The van der Waals surface area contributed by atoms with Gasteiger partial charge in [-0.25, -0.2) is 13.1 Å². The van der Waals surface area contributed by atoms with Crippen molar-refractivity contribution in [1.82, 2.24) is 4.72 Å². The third-order valence-corrected chi connectivity index (χ3v) is 4.84. The van der Waals surface area contributed by atoms with Crippen LogP contribution in [0.4, 0.5) is 5.69 Å². The molecule has 0 saturated heterocycles. The van der Waals surface area contributed by atoms with Gasteiger partial charge in [0, 0.05) is 6.04 Å². The quantitative estimate of drug-likeness (QED) is 0.879. The largest absolute Gasteiger partial charge is 0.476 e. The summed E-state index contributed by atoms with van der Waals surface area (Å²) in [4.78, 5) is 12.0. The standard InChI is InChI=1S/C13H16N2O4S/c1-13(2)12(16)14-10-7-9(5-6-11(10)19-13)20(17,18)15-8-3-4-8/h5-8,15H,3-4H2,1-2H3,(H,14,16). The molecule has 0 unspecified atom stereocenters. The van der Waals surface area contributed by atoms with Crippen molar-refractivity contribution >= 4 is 21.6 Å². The lowest BCUT2D eigenvalue weighted by Crippen LogP contribution is -2.45. The third-order valence-electron chi connectivity index (χ3n) is 3.32. The van der Waals surface area contributed by atoms with Crippen molar-refractivity contribution in [2.45, 2.75) is 43.2 Å². The molecule has 1 heterocycles. The zero-order chi connectivity index (χ0) is 14.5. The Morgan fingerprint density at radius 3 is 2.70 bits per heavy atom. The van der Waals surface area contributed by atoms with Gasteiger partial charge in [0.25, 0.3) is 5.91 Å². The van der Waals surface area contributed by atoms with Crippen LogP contribution in [-0.4, -0.2) is 26.0 Å². The summed E-state index contributed by atoms with van der Waals surface area (Å²) >= 11 is 0. The lowest BCUT2D eigenvalue weighted by Gasteiger charge is -2.31. The van der Waals surface area contributed by atoms with Crippen LogP contribution in [0.15, 0.2) is 23.1 Å². The van der Waals surface area contributed by atoms with Gasteiger partial charge in [0.05, 0.1) is 10.6 Å². The first-order chi connectivity index (χ1) is 9.28. The molecular weight excluding hydrogens is 280 g/mol. The normalized spacial score (nSPS) is 20.8.